The summed E-state index contributed by atoms with van der Waals surface area (Å²) in [7, 11) is 0. The van der Waals surface area contributed by atoms with Crippen molar-refractivity contribution in [3.8, 4) is 11.5 Å². The predicted octanol–water partition coefficient (Wildman–Crippen LogP) is 5.35. The third kappa shape index (κ3) is 5.98. The molecule has 0 fully saturated rings. The zero-order valence-electron chi connectivity index (χ0n) is 19.2. The number of carbonyl (C=O) groups is 2. The molecule has 4 rings (SSSR count). The molecule has 172 valence electrons. The molecule has 0 aliphatic rings. The Labute approximate surface area is 199 Å². The topological polar surface area (TPSA) is 80.3 Å². The van der Waals surface area contributed by atoms with Crippen LogP contribution in [0.1, 0.15) is 19.4 Å². The Kier molecular flexibility index (Phi) is 7.18. The Hall–Kier alpha value is -4.19. The predicted molar refractivity (Wildman–Crippen MR) is 134 cm³/mol. The van der Waals surface area contributed by atoms with Gasteiger partial charge in [0.15, 0.2) is 0 Å². The first kappa shape index (κ1) is 23.0. The second kappa shape index (κ2) is 10.6. The van der Waals surface area contributed by atoms with Gasteiger partial charge in [0.25, 0.3) is 0 Å². The highest BCUT2D eigenvalue weighted by molar-refractivity contribution is 5.97. The smallest absolute Gasteiger partial charge is 0.247 e. The zero-order valence-corrected chi connectivity index (χ0v) is 19.2. The van der Waals surface area contributed by atoms with Crippen LogP contribution in [-0.2, 0) is 16.0 Å². The van der Waals surface area contributed by atoms with Gasteiger partial charge in [-0.2, -0.15) is 0 Å². The van der Waals surface area contributed by atoms with E-state index in [9.17, 15) is 9.59 Å². The number of fused-ring (bicyclic) bond motifs is 1. The quantitative estimate of drug-likeness (QED) is 0.377. The van der Waals surface area contributed by atoms with E-state index in [0.717, 1.165) is 16.3 Å². The second-order valence-corrected chi connectivity index (χ2v) is 8.45. The van der Waals surface area contributed by atoms with Crippen LogP contribution in [0.3, 0.4) is 0 Å². The van der Waals surface area contributed by atoms with Gasteiger partial charge in [-0.3, -0.25) is 14.6 Å². The number of carbonyl (C=O) groups excluding carboxylic acids is 2. The average molecular weight is 454 g/mol. The van der Waals surface area contributed by atoms with Crippen molar-refractivity contribution in [2.45, 2.75) is 26.3 Å². The van der Waals surface area contributed by atoms with Crippen molar-refractivity contribution in [3.63, 3.8) is 0 Å². The SMILES string of the molecule is CC(C)C(NC(=O)Cc1ccc2ccccc2c1)C(=O)Nc1ccc(Oc2ccncc2)cc1. The number of rotatable bonds is 8. The van der Waals surface area contributed by atoms with E-state index in [2.05, 4.69) is 15.6 Å². The Bertz CT molecular complexity index is 1270. The van der Waals surface area contributed by atoms with Crippen molar-refractivity contribution in [3.05, 3.63) is 96.8 Å². The van der Waals surface area contributed by atoms with Gasteiger partial charge in [0.1, 0.15) is 17.5 Å². The van der Waals surface area contributed by atoms with E-state index in [1.807, 2.05) is 56.3 Å². The van der Waals surface area contributed by atoms with Crippen molar-refractivity contribution in [2.75, 3.05) is 5.32 Å². The summed E-state index contributed by atoms with van der Waals surface area (Å²) in [4.78, 5) is 29.6. The minimum absolute atomic E-state index is 0.0742. The molecule has 6 heteroatoms. The molecule has 2 amide bonds. The van der Waals surface area contributed by atoms with Gasteiger partial charge in [-0.15, -0.1) is 0 Å². The molecule has 4 aromatic rings. The van der Waals surface area contributed by atoms with Crippen LogP contribution >= 0.6 is 0 Å². The van der Waals surface area contributed by atoms with Crippen LogP contribution < -0.4 is 15.4 Å². The molecule has 6 nitrogen and oxygen atoms in total. The van der Waals surface area contributed by atoms with E-state index in [0.29, 0.717) is 17.2 Å². The van der Waals surface area contributed by atoms with E-state index in [4.69, 9.17) is 4.74 Å². The number of benzene rings is 3. The standard InChI is InChI=1S/C28H27N3O3/c1-19(2)27(31-26(32)18-20-7-8-21-5-3-4-6-22(21)17-20)28(33)30-23-9-11-24(12-10-23)34-25-13-15-29-16-14-25/h3-17,19,27H,18H2,1-2H3,(H,30,33)(H,31,32). The number of pyridine rings is 1. The summed E-state index contributed by atoms with van der Waals surface area (Å²) in [5, 5.41) is 8.00. The van der Waals surface area contributed by atoms with E-state index < -0.39 is 6.04 Å². The Morgan fingerprint density at radius 2 is 1.53 bits per heavy atom. The Morgan fingerprint density at radius 3 is 2.24 bits per heavy atom. The molecule has 1 atom stereocenters. The highest BCUT2D eigenvalue weighted by Gasteiger charge is 2.24. The molecule has 0 bridgehead atoms. The normalized spacial score (nSPS) is 11.7. The van der Waals surface area contributed by atoms with Gasteiger partial charge in [0.2, 0.25) is 11.8 Å². The molecule has 1 unspecified atom stereocenters. The number of hydrogen-bond donors (Lipinski definition) is 2. The minimum Gasteiger partial charge on any atom is -0.457 e. The van der Waals surface area contributed by atoms with Gasteiger partial charge in [-0.05, 0) is 58.7 Å². The molecule has 1 aromatic heterocycles. The molecule has 3 aromatic carbocycles. The van der Waals surface area contributed by atoms with Gasteiger partial charge < -0.3 is 15.4 Å². The summed E-state index contributed by atoms with van der Waals surface area (Å²) in [6.45, 7) is 3.82. The van der Waals surface area contributed by atoms with Crippen molar-refractivity contribution >= 4 is 28.3 Å². The van der Waals surface area contributed by atoms with Crippen LogP contribution in [0.25, 0.3) is 10.8 Å². The third-order valence-corrected chi connectivity index (χ3v) is 5.45. The van der Waals surface area contributed by atoms with E-state index in [1.54, 1.807) is 48.8 Å². The van der Waals surface area contributed by atoms with E-state index in [-0.39, 0.29) is 24.2 Å². The highest BCUT2D eigenvalue weighted by atomic mass is 16.5. The maximum atomic E-state index is 12.9. The van der Waals surface area contributed by atoms with Crippen LogP contribution in [0.4, 0.5) is 5.69 Å². The highest BCUT2D eigenvalue weighted by Crippen LogP contribution is 2.22. The maximum absolute atomic E-state index is 12.9. The number of amides is 2. The van der Waals surface area contributed by atoms with Crippen LogP contribution in [0.2, 0.25) is 0 Å². The fourth-order valence-electron chi connectivity index (χ4n) is 3.66. The zero-order chi connectivity index (χ0) is 23.9. The number of anilines is 1. The molecule has 0 radical (unpaired) electrons. The monoisotopic (exact) mass is 453 g/mol. The van der Waals surface area contributed by atoms with Crippen molar-refractivity contribution < 1.29 is 14.3 Å². The lowest BCUT2D eigenvalue weighted by Gasteiger charge is -2.22. The maximum Gasteiger partial charge on any atom is 0.247 e. The van der Waals surface area contributed by atoms with Crippen LogP contribution in [-0.4, -0.2) is 22.8 Å². The largest absolute Gasteiger partial charge is 0.457 e. The van der Waals surface area contributed by atoms with Crippen LogP contribution in [0.5, 0.6) is 11.5 Å². The summed E-state index contributed by atoms with van der Waals surface area (Å²) in [6.07, 6.45) is 3.52. The summed E-state index contributed by atoms with van der Waals surface area (Å²) in [5.41, 5.74) is 1.53. The van der Waals surface area contributed by atoms with Crippen LogP contribution in [0, 0.1) is 5.92 Å². The number of nitrogens with one attached hydrogen (secondary N) is 2. The molecule has 0 spiro atoms. The van der Waals surface area contributed by atoms with Crippen molar-refractivity contribution in [2.24, 2.45) is 5.92 Å². The second-order valence-electron chi connectivity index (χ2n) is 8.45. The van der Waals surface area contributed by atoms with Gasteiger partial charge >= 0.3 is 0 Å². The Balaban J connectivity index is 1.36. The molecular weight excluding hydrogens is 426 g/mol. The lowest BCUT2D eigenvalue weighted by Crippen LogP contribution is -2.47. The Morgan fingerprint density at radius 1 is 0.853 bits per heavy atom. The summed E-state index contributed by atoms with van der Waals surface area (Å²) < 4.78 is 5.75. The first-order valence-electron chi connectivity index (χ1n) is 11.2. The molecule has 34 heavy (non-hydrogen) atoms. The van der Waals surface area contributed by atoms with Gasteiger partial charge in [0, 0.05) is 18.1 Å². The number of nitrogens with zero attached hydrogens (tertiary/aromatic N) is 1. The molecular formula is C28H27N3O3. The fraction of sp³-hybridized carbons (Fsp3) is 0.179. The van der Waals surface area contributed by atoms with Gasteiger partial charge in [0.05, 0.1) is 6.42 Å². The number of aromatic nitrogens is 1. The van der Waals surface area contributed by atoms with Crippen molar-refractivity contribution in [1.82, 2.24) is 10.3 Å². The third-order valence-electron chi connectivity index (χ3n) is 5.45. The van der Waals surface area contributed by atoms with Crippen molar-refractivity contribution in [1.29, 1.82) is 0 Å². The average Bonchev–Trinajstić information content (AvgIpc) is 2.84. The first-order chi connectivity index (χ1) is 16.5. The summed E-state index contributed by atoms with van der Waals surface area (Å²) in [6, 6.07) is 24.0. The minimum atomic E-state index is -0.652. The van der Waals surface area contributed by atoms with Gasteiger partial charge in [-0.1, -0.05) is 56.3 Å². The summed E-state index contributed by atoms with van der Waals surface area (Å²) >= 11 is 0. The molecule has 0 saturated carbocycles. The van der Waals surface area contributed by atoms with E-state index >= 15 is 0 Å². The van der Waals surface area contributed by atoms with E-state index in [1.165, 1.54) is 0 Å². The molecule has 1 heterocycles. The molecule has 0 aliphatic carbocycles. The molecule has 0 aliphatic heterocycles. The number of ether oxygens (including phenoxy) is 1. The van der Waals surface area contributed by atoms with Gasteiger partial charge in [-0.25, -0.2) is 0 Å². The summed E-state index contributed by atoms with van der Waals surface area (Å²) in [5.74, 6) is 0.804. The number of hydrogen-bond acceptors (Lipinski definition) is 4. The van der Waals surface area contributed by atoms with Crippen LogP contribution in [0.15, 0.2) is 91.3 Å². The molecule has 0 saturated heterocycles. The lowest BCUT2D eigenvalue weighted by molar-refractivity contribution is -0.127. The first-order valence-corrected chi connectivity index (χ1v) is 11.2. The molecule has 2 N–H and O–H groups in total. The fourth-order valence-corrected chi connectivity index (χ4v) is 3.66. The lowest BCUT2D eigenvalue weighted by atomic mass is 10.0.